The van der Waals surface area contributed by atoms with E-state index in [1.54, 1.807) is 0 Å². The number of hydrogen-bond acceptors (Lipinski definition) is 2. The summed E-state index contributed by atoms with van der Waals surface area (Å²) in [7, 11) is 0. The topological polar surface area (TPSA) is 29.5 Å². The molecule has 1 saturated carbocycles. The van der Waals surface area contributed by atoms with E-state index >= 15 is 0 Å². The van der Waals surface area contributed by atoms with Gasteiger partial charge in [-0.15, -0.1) is 0 Å². The molecule has 0 aromatic heterocycles. The second-order valence-corrected chi connectivity index (χ2v) is 5.53. The first-order valence-electron chi connectivity index (χ1n) is 6.30. The number of rotatable bonds is 4. The molecule has 4 atom stereocenters. The molecular weight excluding hydrogens is 188 g/mol. The summed E-state index contributed by atoms with van der Waals surface area (Å²) in [6.07, 6.45) is 3.66. The molecule has 2 nitrogen and oxygen atoms in total. The normalized spacial score (nSPS) is 34.4. The predicted molar refractivity (Wildman–Crippen MR) is 62.8 cm³/mol. The first kappa shape index (κ1) is 13.0. The molecule has 2 heteroatoms. The van der Waals surface area contributed by atoms with Gasteiger partial charge in [-0.3, -0.25) is 0 Å². The number of ether oxygens (including phenoxy) is 1. The lowest BCUT2D eigenvalue weighted by atomic mass is 9.80. The minimum absolute atomic E-state index is 0.296. The van der Waals surface area contributed by atoms with E-state index in [1.807, 2.05) is 13.8 Å². The molecule has 1 rings (SSSR count). The molecule has 0 aliphatic heterocycles. The average molecular weight is 214 g/mol. The smallest absolute Gasteiger partial charge is 0.0796 e. The maximum Gasteiger partial charge on any atom is 0.0796 e. The Morgan fingerprint density at radius 1 is 1.20 bits per heavy atom. The Bertz CT molecular complexity index is 179. The van der Waals surface area contributed by atoms with Crippen LogP contribution in [-0.4, -0.2) is 23.9 Å². The molecule has 0 bridgehead atoms. The Balaban J connectivity index is 2.22. The summed E-state index contributed by atoms with van der Waals surface area (Å²) in [5, 5.41) is 9.65. The summed E-state index contributed by atoms with van der Waals surface area (Å²) in [5.41, 5.74) is 0. The molecule has 0 spiro atoms. The van der Waals surface area contributed by atoms with Crippen molar-refractivity contribution >= 4 is 0 Å². The van der Waals surface area contributed by atoms with E-state index < -0.39 is 0 Å². The molecule has 1 N–H and O–H groups in total. The van der Waals surface area contributed by atoms with Gasteiger partial charge >= 0.3 is 0 Å². The molecule has 0 aromatic carbocycles. The van der Waals surface area contributed by atoms with Crippen LogP contribution < -0.4 is 0 Å². The molecule has 0 aromatic rings. The highest BCUT2D eigenvalue weighted by Gasteiger charge is 2.25. The highest BCUT2D eigenvalue weighted by atomic mass is 16.5. The SMILES string of the molecule is CC(C)C(O)COC1CCC(C)C(C)C1. The van der Waals surface area contributed by atoms with Crippen LogP contribution >= 0.6 is 0 Å². The maximum absolute atomic E-state index is 9.65. The lowest BCUT2D eigenvalue weighted by Gasteiger charge is -2.32. The van der Waals surface area contributed by atoms with Crippen LogP contribution in [0.25, 0.3) is 0 Å². The summed E-state index contributed by atoms with van der Waals surface area (Å²) < 4.78 is 5.77. The fourth-order valence-corrected chi connectivity index (χ4v) is 2.08. The van der Waals surface area contributed by atoms with Crippen molar-refractivity contribution in [2.24, 2.45) is 17.8 Å². The van der Waals surface area contributed by atoms with Crippen LogP contribution in [0.15, 0.2) is 0 Å². The number of aliphatic hydroxyl groups is 1. The molecule has 0 heterocycles. The van der Waals surface area contributed by atoms with E-state index in [0.29, 0.717) is 18.6 Å². The second kappa shape index (κ2) is 5.86. The summed E-state index contributed by atoms with van der Waals surface area (Å²) in [6, 6.07) is 0. The standard InChI is InChI=1S/C13H26O2/c1-9(2)13(14)8-15-12-6-5-10(3)11(4)7-12/h9-14H,5-8H2,1-4H3. The maximum atomic E-state index is 9.65. The monoisotopic (exact) mass is 214 g/mol. The molecule has 4 unspecified atom stereocenters. The third-order valence-corrected chi connectivity index (χ3v) is 3.82. The van der Waals surface area contributed by atoms with Crippen LogP contribution in [0.1, 0.15) is 47.0 Å². The molecular formula is C13H26O2. The van der Waals surface area contributed by atoms with Gasteiger partial charge in [0, 0.05) is 0 Å². The van der Waals surface area contributed by atoms with Gasteiger partial charge in [0.05, 0.1) is 18.8 Å². The lowest BCUT2D eigenvalue weighted by molar-refractivity contribution is -0.0503. The minimum Gasteiger partial charge on any atom is -0.390 e. The zero-order valence-electron chi connectivity index (χ0n) is 10.6. The molecule has 1 aliphatic rings. The zero-order chi connectivity index (χ0) is 11.4. The number of aliphatic hydroxyl groups excluding tert-OH is 1. The molecule has 0 amide bonds. The Labute approximate surface area is 94.0 Å². The number of hydrogen-bond donors (Lipinski definition) is 1. The minimum atomic E-state index is -0.306. The van der Waals surface area contributed by atoms with Gasteiger partial charge in [0.2, 0.25) is 0 Å². The Morgan fingerprint density at radius 3 is 2.40 bits per heavy atom. The van der Waals surface area contributed by atoms with Crippen LogP contribution in [0.2, 0.25) is 0 Å². The van der Waals surface area contributed by atoms with Crippen LogP contribution in [0, 0.1) is 17.8 Å². The van der Waals surface area contributed by atoms with E-state index in [2.05, 4.69) is 13.8 Å². The third-order valence-electron chi connectivity index (χ3n) is 3.82. The van der Waals surface area contributed by atoms with Crippen molar-refractivity contribution in [3.05, 3.63) is 0 Å². The van der Waals surface area contributed by atoms with Gasteiger partial charge in [-0.1, -0.05) is 27.7 Å². The van der Waals surface area contributed by atoms with Gasteiger partial charge in [0.25, 0.3) is 0 Å². The van der Waals surface area contributed by atoms with E-state index in [4.69, 9.17) is 4.74 Å². The van der Waals surface area contributed by atoms with Crippen LogP contribution in [0.3, 0.4) is 0 Å². The van der Waals surface area contributed by atoms with Gasteiger partial charge in [0.1, 0.15) is 0 Å². The van der Waals surface area contributed by atoms with E-state index in [-0.39, 0.29) is 6.10 Å². The molecule has 0 radical (unpaired) electrons. The fourth-order valence-electron chi connectivity index (χ4n) is 2.08. The van der Waals surface area contributed by atoms with Crippen molar-refractivity contribution in [3.63, 3.8) is 0 Å². The van der Waals surface area contributed by atoms with Gasteiger partial charge in [-0.05, 0) is 37.0 Å². The van der Waals surface area contributed by atoms with Crippen molar-refractivity contribution in [2.75, 3.05) is 6.61 Å². The largest absolute Gasteiger partial charge is 0.390 e. The van der Waals surface area contributed by atoms with Crippen molar-refractivity contribution in [3.8, 4) is 0 Å². The van der Waals surface area contributed by atoms with Crippen LogP contribution in [0.4, 0.5) is 0 Å². The lowest BCUT2D eigenvalue weighted by Crippen LogP contribution is -2.31. The fraction of sp³-hybridized carbons (Fsp3) is 1.00. The van der Waals surface area contributed by atoms with Crippen LogP contribution in [-0.2, 0) is 4.74 Å². The first-order valence-corrected chi connectivity index (χ1v) is 6.30. The molecule has 15 heavy (non-hydrogen) atoms. The highest BCUT2D eigenvalue weighted by Crippen LogP contribution is 2.31. The molecule has 0 saturated heterocycles. The molecule has 90 valence electrons. The van der Waals surface area contributed by atoms with Crippen LogP contribution in [0.5, 0.6) is 0 Å². The second-order valence-electron chi connectivity index (χ2n) is 5.53. The van der Waals surface area contributed by atoms with Crippen molar-refractivity contribution in [1.29, 1.82) is 0 Å². The quantitative estimate of drug-likeness (QED) is 0.779. The van der Waals surface area contributed by atoms with Crippen molar-refractivity contribution < 1.29 is 9.84 Å². The molecule has 1 fully saturated rings. The predicted octanol–water partition coefficient (Wildman–Crippen LogP) is 2.84. The van der Waals surface area contributed by atoms with E-state index in [9.17, 15) is 5.11 Å². The summed E-state index contributed by atoms with van der Waals surface area (Å²) >= 11 is 0. The summed E-state index contributed by atoms with van der Waals surface area (Å²) in [6.45, 7) is 9.19. The van der Waals surface area contributed by atoms with Gasteiger partial charge in [0.15, 0.2) is 0 Å². The Morgan fingerprint density at radius 2 is 1.87 bits per heavy atom. The average Bonchev–Trinajstić information content (AvgIpc) is 2.19. The first-order chi connectivity index (χ1) is 7.00. The third kappa shape index (κ3) is 4.12. The molecule has 1 aliphatic carbocycles. The van der Waals surface area contributed by atoms with Gasteiger partial charge in [-0.2, -0.15) is 0 Å². The Hall–Kier alpha value is -0.0800. The van der Waals surface area contributed by atoms with Crippen molar-refractivity contribution in [2.45, 2.75) is 59.2 Å². The summed E-state index contributed by atoms with van der Waals surface area (Å²) in [5.74, 6) is 1.89. The van der Waals surface area contributed by atoms with E-state index in [1.165, 1.54) is 6.42 Å². The zero-order valence-corrected chi connectivity index (χ0v) is 10.6. The summed E-state index contributed by atoms with van der Waals surface area (Å²) in [4.78, 5) is 0. The van der Waals surface area contributed by atoms with Gasteiger partial charge in [-0.25, -0.2) is 0 Å². The highest BCUT2D eigenvalue weighted by molar-refractivity contribution is 4.76. The van der Waals surface area contributed by atoms with Gasteiger partial charge < -0.3 is 9.84 Å². The van der Waals surface area contributed by atoms with Crippen molar-refractivity contribution in [1.82, 2.24) is 0 Å². The van der Waals surface area contributed by atoms with E-state index in [0.717, 1.165) is 24.7 Å². The Kier molecular flexibility index (Phi) is 5.07.